The Hall–Kier alpha value is -1.51. The van der Waals surface area contributed by atoms with Gasteiger partial charge in [0.1, 0.15) is 17.5 Å². The van der Waals surface area contributed by atoms with E-state index in [1.807, 2.05) is 0 Å². The van der Waals surface area contributed by atoms with E-state index in [2.05, 4.69) is 0 Å². The summed E-state index contributed by atoms with van der Waals surface area (Å²) < 4.78 is 24.5. The molecule has 0 heterocycles. The molecule has 7 nitrogen and oxygen atoms in total. The normalized spacial score (nSPS) is 14.1. The molecule has 1 aromatic carbocycles. The molecule has 0 fully saturated rings. The van der Waals surface area contributed by atoms with Gasteiger partial charge in [0.15, 0.2) is 0 Å². The van der Waals surface area contributed by atoms with Crippen molar-refractivity contribution in [1.82, 2.24) is 0 Å². The Morgan fingerprint density at radius 1 is 1.45 bits per heavy atom. The van der Waals surface area contributed by atoms with Gasteiger partial charge in [-0.1, -0.05) is 6.07 Å². The minimum atomic E-state index is -3.97. The first kappa shape index (κ1) is 16.5. The van der Waals surface area contributed by atoms with E-state index in [0.29, 0.717) is 0 Å². The van der Waals surface area contributed by atoms with E-state index in [9.17, 15) is 23.6 Å². The third-order valence-electron chi connectivity index (χ3n) is 2.87. The fourth-order valence-corrected chi connectivity index (χ4v) is 3.49. The van der Waals surface area contributed by atoms with Crippen molar-refractivity contribution in [2.75, 3.05) is 20.6 Å². The molecule has 1 atom stereocenters. The van der Waals surface area contributed by atoms with Crippen molar-refractivity contribution >= 4 is 15.7 Å². The summed E-state index contributed by atoms with van der Waals surface area (Å²) >= 11 is 0. The van der Waals surface area contributed by atoms with E-state index in [1.165, 1.54) is 33.2 Å². The number of hydrogen-bond donors (Lipinski definition) is 1. The number of quaternary nitrogens is 1. The second-order valence-corrected chi connectivity index (χ2v) is 7.41. The van der Waals surface area contributed by atoms with Crippen LogP contribution in [0.4, 0.5) is 5.69 Å². The summed E-state index contributed by atoms with van der Waals surface area (Å²) in [4.78, 5) is 9.77. The van der Waals surface area contributed by atoms with Crippen molar-refractivity contribution in [1.29, 1.82) is 0 Å². The lowest BCUT2D eigenvalue weighted by molar-refractivity contribution is -0.766. The van der Waals surface area contributed by atoms with E-state index in [-0.39, 0.29) is 11.4 Å². The van der Waals surface area contributed by atoms with Gasteiger partial charge < -0.3 is 5.11 Å². The van der Waals surface area contributed by atoms with E-state index in [0.717, 1.165) is 6.07 Å². The number of aliphatic hydroxyl groups is 1. The molecule has 0 saturated carbocycles. The Morgan fingerprint density at radius 2 is 2.00 bits per heavy atom. The molecule has 1 rings (SSSR count). The number of nitro benzene ring substituents is 1. The predicted octanol–water partition coefficient (Wildman–Crippen LogP) is 0.800. The van der Waals surface area contributed by atoms with Crippen LogP contribution >= 0.6 is 0 Å². The highest BCUT2D eigenvalue weighted by Gasteiger charge is 2.38. The number of sulfonamides is 1. The Bertz CT molecular complexity index is 623. The van der Waals surface area contributed by atoms with E-state index >= 15 is 0 Å². The van der Waals surface area contributed by atoms with Gasteiger partial charge in [0.05, 0.1) is 24.6 Å². The van der Waals surface area contributed by atoms with Gasteiger partial charge in [-0.2, -0.15) is 8.42 Å². The topological polar surface area (TPSA) is 97.5 Å². The first-order valence-corrected chi connectivity index (χ1v) is 7.24. The molecule has 20 heavy (non-hydrogen) atoms. The summed E-state index contributed by atoms with van der Waals surface area (Å²) in [6, 6.07) is 3.63. The zero-order valence-corrected chi connectivity index (χ0v) is 12.3. The highest BCUT2D eigenvalue weighted by Crippen LogP contribution is 2.29. The summed E-state index contributed by atoms with van der Waals surface area (Å²) in [7, 11) is -1.19. The number of benzene rings is 1. The molecular formula is C12H17N2O5S+. The quantitative estimate of drug-likeness (QED) is 0.493. The van der Waals surface area contributed by atoms with Crippen molar-refractivity contribution in [3.05, 3.63) is 40.8 Å². The Kier molecular flexibility index (Phi) is 4.52. The third kappa shape index (κ3) is 2.97. The van der Waals surface area contributed by atoms with Gasteiger partial charge in [-0.05, 0) is 13.0 Å². The maximum Gasteiger partial charge on any atom is 0.327 e. The van der Waals surface area contributed by atoms with Crippen LogP contribution in [0, 0.1) is 17.0 Å². The van der Waals surface area contributed by atoms with Gasteiger partial charge in [0, 0.05) is 13.0 Å². The van der Waals surface area contributed by atoms with E-state index in [4.69, 9.17) is 6.92 Å². The summed E-state index contributed by atoms with van der Waals surface area (Å²) in [6.07, 6.45) is -0.848. The molecule has 1 unspecified atom stereocenters. The summed E-state index contributed by atoms with van der Waals surface area (Å²) in [5.74, 6) is 0. The summed E-state index contributed by atoms with van der Waals surface area (Å²) in [6.45, 7) is 7.00. The highest BCUT2D eigenvalue weighted by atomic mass is 32.2. The molecule has 1 N–H and O–H groups in total. The van der Waals surface area contributed by atoms with Crippen LogP contribution in [0.3, 0.4) is 0 Å². The van der Waals surface area contributed by atoms with Crippen molar-refractivity contribution in [3.63, 3.8) is 0 Å². The number of nitro groups is 1. The van der Waals surface area contributed by atoms with Gasteiger partial charge >= 0.3 is 10.0 Å². The van der Waals surface area contributed by atoms with Crippen LogP contribution in [0.2, 0.25) is 0 Å². The van der Waals surface area contributed by atoms with Crippen LogP contribution < -0.4 is 0 Å². The minimum absolute atomic E-state index is 0.0650. The highest BCUT2D eigenvalue weighted by molar-refractivity contribution is 7.86. The average Bonchev–Trinajstić information content (AvgIpc) is 2.26. The predicted molar refractivity (Wildman–Crippen MR) is 72.3 cm³/mol. The zero-order chi connectivity index (χ0) is 15.7. The molecule has 0 aromatic heterocycles. The molecule has 0 aliphatic heterocycles. The van der Waals surface area contributed by atoms with Crippen LogP contribution in [0.15, 0.2) is 23.1 Å². The fourth-order valence-electron chi connectivity index (χ4n) is 1.92. The fraction of sp³-hybridized carbons (Fsp3) is 0.417. The number of hydrogen-bond acceptors (Lipinski definition) is 5. The Labute approximate surface area is 118 Å². The molecule has 0 spiro atoms. The molecule has 110 valence electrons. The SMILES string of the molecule is [CH]c1c([N+](=O)[O-])cccc1S(=O)(=O)[N+](C)(C)CC(C)O. The molecule has 1 aromatic rings. The van der Waals surface area contributed by atoms with E-state index < -0.39 is 36.2 Å². The van der Waals surface area contributed by atoms with Crippen LogP contribution in [-0.4, -0.2) is 49.1 Å². The second kappa shape index (κ2) is 5.47. The summed E-state index contributed by atoms with van der Waals surface area (Å²) in [5.41, 5.74) is -0.850. The van der Waals surface area contributed by atoms with Gasteiger partial charge in [-0.3, -0.25) is 10.1 Å². The van der Waals surface area contributed by atoms with Crippen molar-refractivity contribution in [2.24, 2.45) is 0 Å². The summed E-state index contributed by atoms with van der Waals surface area (Å²) in [5, 5.41) is 20.2. The molecule has 0 aliphatic carbocycles. The maximum absolute atomic E-state index is 12.5. The lowest BCUT2D eigenvalue weighted by atomic mass is 10.2. The lowest BCUT2D eigenvalue weighted by Crippen LogP contribution is -2.49. The number of aliphatic hydroxyl groups excluding tert-OH is 1. The second-order valence-electron chi connectivity index (χ2n) is 5.03. The van der Waals surface area contributed by atoms with Crippen molar-refractivity contribution in [3.8, 4) is 0 Å². The molecule has 0 bridgehead atoms. The van der Waals surface area contributed by atoms with Crippen molar-refractivity contribution < 1.29 is 22.3 Å². The first-order valence-electron chi connectivity index (χ1n) is 5.80. The molecule has 0 aliphatic rings. The largest absolute Gasteiger partial charge is 0.388 e. The molecule has 8 heteroatoms. The number of nitrogens with zero attached hydrogens (tertiary/aromatic N) is 2. The Balaban J connectivity index is 3.44. The zero-order valence-electron chi connectivity index (χ0n) is 11.5. The van der Waals surface area contributed by atoms with Crippen LogP contribution in [0.25, 0.3) is 0 Å². The maximum atomic E-state index is 12.5. The minimum Gasteiger partial charge on any atom is -0.388 e. The van der Waals surface area contributed by atoms with Gasteiger partial charge in [0.2, 0.25) is 0 Å². The lowest BCUT2D eigenvalue weighted by Gasteiger charge is -2.29. The number of rotatable bonds is 5. The third-order valence-corrected chi connectivity index (χ3v) is 5.23. The van der Waals surface area contributed by atoms with Crippen LogP contribution in [0.5, 0.6) is 0 Å². The Morgan fingerprint density at radius 3 is 2.45 bits per heavy atom. The molecule has 2 radical (unpaired) electrons. The first-order chi connectivity index (χ1) is 9.00. The van der Waals surface area contributed by atoms with E-state index in [1.54, 1.807) is 0 Å². The average molecular weight is 301 g/mol. The van der Waals surface area contributed by atoms with Gasteiger partial charge in [-0.15, -0.1) is 0 Å². The molecule has 0 saturated heterocycles. The smallest absolute Gasteiger partial charge is 0.327 e. The molecule has 0 amide bonds. The van der Waals surface area contributed by atoms with Crippen molar-refractivity contribution in [2.45, 2.75) is 17.9 Å². The van der Waals surface area contributed by atoms with Gasteiger partial charge in [0.25, 0.3) is 5.69 Å². The molecular weight excluding hydrogens is 284 g/mol. The van der Waals surface area contributed by atoms with Gasteiger partial charge in [-0.25, -0.2) is 3.89 Å². The van der Waals surface area contributed by atoms with Crippen LogP contribution in [-0.2, 0) is 10.0 Å². The monoisotopic (exact) mass is 301 g/mol. The standard InChI is InChI=1S/C12H17N2O5S/c1-9(15)8-14(3,4)20(18,19)12-7-5-6-11(10(12)2)13(16)17/h2,5-7,9,15H,8H2,1,3-4H3/q+1. The number of likely N-dealkylation sites (N-methyl/N-ethyl adjacent to an activating group) is 1. The van der Waals surface area contributed by atoms with Crippen LogP contribution in [0.1, 0.15) is 12.5 Å².